The standard InChI is InChI=1S/C18H21N3O5S/c1-9-10-13(27-11(9)12-19-7-8-25-12)20-16(24)21(14(10)22)18(5,6)15(23)26-17(2,3)4/h7-8H,1-6H3,(H,20,24). The first-order valence-corrected chi connectivity index (χ1v) is 9.17. The van der Waals surface area contributed by atoms with Gasteiger partial charge in [0.2, 0.25) is 5.89 Å². The number of aryl methyl sites for hydroxylation is 1. The number of aromatic amines is 1. The molecule has 3 aromatic heterocycles. The fourth-order valence-corrected chi connectivity index (χ4v) is 3.89. The van der Waals surface area contributed by atoms with Crippen molar-refractivity contribution in [1.29, 1.82) is 0 Å². The second-order valence-electron chi connectivity index (χ2n) is 7.73. The van der Waals surface area contributed by atoms with Crippen molar-refractivity contribution in [3.05, 3.63) is 38.9 Å². The topological polar surface area (TPSA) is 107 Å². The van der Waals surface area contributed by atoms with E-state index < -0.39 is 28.4 Å². The Morgan fingerprint density at radius 3 is 2.48 bits per heavy atom. The lowest BCUT2D eigenvalue weighted by Gasteiger charge is -2.29. The third-order valence-electron chi connectivity index (χ3n) is 4.07. The molecule has 0 aromatic carbocycles. The molecule has 9 heteroatoms. The van der Waals surface area contributed by atoms with Gasteiger partial charge in [0.1, 0.15) is 22.2 Å². The Morgan fingerprint density at radius 2 is 1.93 bits per heavy atom. The van der Waals surface area contributed by atoms with Gasteiger partial charge in [-0.2, -0.15) is 0 Å². The molecular weight excluding hydrogens is 370 g/mol. The molecule has 0 spiro atoms. The summed E-state index contributed by atoms with van der Waals surface area (Å²) in [6, 6.07) is 0. The molecule has 0 radical (unpaired) electrons. The van der Waals surface area contributed by atoms with Crippen molar-refractivity contribution in [1.82, 2.24) is 14.5 Å². The maximum Gasteiger partial charge on any atom is 0.332 e. The molecule has 0 aliphatic rings. The van der Waals surface area contributed by atoms with E-state index in [1.807, 2.05) is 0 Å². The predicted molar refractivity (Wildman–Crippen MR) is 102 cm³/mol. The first kappa shape index (κ1) is 19.1. The Labute approximate surface area is 158 Å². The second-order valence-corrected chi connectivity index (χ2v) is 8.75. The van der Waals surface area contributed by atoms with Gasteiger partial charge in [0, 0.05) is 0 Å². The van der Waals surface area contributed by atoms with Crippen LogP contribution in [0.3, 0.4) is 0 Å². The van der Waals surface area contributed by atoms with Crippen LogP contribution in [0.15, 0.2) is 26.5 Å². The molecule has 0 atom stereocenters. The van der Waals surface area contributed by atoms with E-state index in [-0.39, 0.29) is 0 Å². The molecule has 3 aromatic rings. The van der Waals surface area contributed by atoms with Crippen LogP contribution in [-0.4, -0.2) is 26.1 Å². The normalized spacial score (nSPS) is 12.5. The Hall–Kier alpha value is -2.68. The SMILES string of the molecule is Cc1c(-c2ncco2)sc2[nH]c(=O)n(C(C)(C)C(=O)OC(C)(C)C)c(=O)c12. The molecule has 0 bridgehead atoms. The van der Waals surface area contributed by atoms with Crippen LogP contribution in [0.1, 0.15) is 40.2 Å². The summed E-state index contributed by atoms with van der Waals surface area (Å²) in [5.74, 6) is -0.297. The average molecular weight is 391 g/mol. The van der Waals surface area contributed by atoms with Crippen molar-refractivity contribution in [3.8, 4) is 10.8 Å². The van der Waals surface area contributed by atoms with Crippen molar-refractivity contribution < 1.29 is 13.9 Å². The highest BCUT2D eigenvalue weighted by atomic mass is 32.1. The van der Waals surface area contributed by atoms with Gasteiger partial charge in [-0.3, -0.25) is 9.78 Å². The van der Waals surface area contributed by atoms with Gasteiger partial charge in [-0.05, 0) is 47.1 Å². The van der Waals surface area contributed by atoms with E-state index in [9.17, 15) is 14.4 Å². The number of nitrogens with one attached hydrogen (secondary N) is 1. The number of hydrogen-bond acceptors (Lipinski definition) is 7. The minimum absolute atomic E-state index is 0.324. The number of carbonyl (C=O) groups is 1. The summed E-state index contributed by atoms with van der Waals surface area (Å²) < 4.78 is 11.6. The van der Waals surface area contributed by atoms with Crippen molar-refractivity contribution in [2.45, 2.75) is 52.7 Å². The summed E-state index contributed by atoms with van der Waals surface area (Å²) in [6.45, 7) is 9.90. The lowest BCUT2D eigenvalue weighted by atomic mass is 10.0. The van der Waals surface area contributed by atoms with Gasteiger partial charge in [0.05, 0.1) is 16.5 Å². The number of nitrogens with zero attached hydrogens (tertiary/aromatic N) is 2. The monoisotopic (exact) mass is 391 g/mol. The number of oxazole rings is 1. The summed E-state index contributed by atoms with van der Waals surface area (Å²) in [4.78, 5) is 46.3. The third kappa shape index (κ3) is 3.23. The summed E-state index contributed by atoms with van der Waals surface area (Å²) in [5.41, 5.74) is -2.83. The molecule has 0 aliphatic carbocycles. The maximum absolute atomic E-state index is 13.2. The molecule has 0 aliphatic heterocycles. The van der Waals surface area contributed by atoms with Gasteiger partial charge in [-0.1, -0.05) is 0 Å². The summed E-state index contributed by atoms with van der Waals surface area (Å²) >= 11 is 1.21. The Bertz CT molecular complexity index is 1130. The van der Waals surface area contributed by atoms with Crippen molar-refractivity contribution in [2.24, 2.45) is 0 Å². The highest BCUT2D eigenvalue weighted by molar-refractivity contribution is 7.22. The summed E-state index contributed by atoms with van der Waals surface area (Å²) in [5, 5.41) is 0.324. The van der Waals surface area contributed by atoms with Crippen molar-refractivity contribution in [3.63, 3.8) is 0 Å². The van der Waals surface area contributed by atoms with Crippen LogP contribution in [0.4, 0.5) is 0 Å². The van der Waals surface area contributed by atoms with Crippen LogP contribution in [-0.2, 0) is 15.1 Å². The van der Waals surface area contributed by atoms with Gasteiger partial charge in [-0.15, -0.1) is 11.3 Å². The van der Waals surface area contributed by atoms with E-state index in [1.165, 1.54) is 37.6 Å². The zero-order valence-corrected chi connectivity index (χ0v) is 16.8. The fraction of sp³-hybridized carbons (Fsp3) is 0.444. The van der Waals surface area contributed by atoms with E-state index in [0.29, 0.717) is 26.5 Å². The smallest absolute Gasteiger partial charge is 0.332 e. The first-order valence-electron chi connectivity index (χ1n) is 8.35. The van der Waals surface area contributed by atoms with E-state index in [2.05, 4.69) is 9.97 Å². The molecule has 0 saturated heterocycles. The number of aromatic nitrogens is 3. The number of ether oxygens (including phenoxy) is 1. The Morgan fingerprint density at radius 1 is 1.26 bits per heavy atom. The van der Waals surface area contributed by atoms with Gasteiger partial charge in [-0.25, -0.2) is 19.1 Å². The fourth-order valence-electron chi connectivity index (χ4n) is 2.76. The molecule has 1 N–H and O–H groups in total. The van der Waals surface area contributed by atoms with Gasteiger partial charge in [0.25, 0.3) is 5.56 Å². The quantitative estimate of drug-likeness (QED) is 0.688. The highest BCUT2D eigenvalue weighted by Gasteiger charge is 2.37. The van der Waals surface area contributed by atoms with E-state index in [4.69, 9.17) is 9.15 Å². The van der Waals surface area contributed by atoms with E-state index in [1.54, 1.807) is 27.7 Å². The Balaban J connectivity index is 2.23. The first-order chi connectivity index (χ1) is 12.4. The van der Waals surface area contributed by atoms with Gasteiger partial charge < -0.3 is 9.15 Å². The largest absolute Gasteiger partial charge is 0.458 e. The Kier molecular flexibility index (Phi) is 4.38. The molecule has 27 heavy (non-hydrogen) atoms. The third-order valence-corrected chi connectivity index (χ3v) is 5.27. The average Bonchev–Trinajstić information content (AvgIpc) is 3.13. The molecule has 3 heterocycles. The molecule has 3 rings (SSSR count). The molecule has 0 fully saturated rings. The van der Waals surface area contributed by atoms with Crippen LogP contribution in [0, 0.1) is 6.92 Å². The summed E-state index contributed by atoms with van der Waals surface area (Å²) in [7, 11) is 0. The molecule has 144 valence electrons. The molecule has 0 unspecified atom stereocenters. The van der Waals surface area contributed by atoms with Crippen LogP contribution >= 0.6 is 11.3 Å². The number of fused-ring (bicyclic) bond motifs is 1. The van der Waals surface area contributed by atoms with E-state index in [0.717, 1.165) is 4.57 Å². The number of esters is 1. The number of hydrogen-bond donors (Lipinski definition) is 1. The number of H-pyrrole nitrogens is 1. The van der Waals surface area contributed by atoms with E-state index >= 15 is 0 Å². The molecule has 8 nitrogen and oxygen atoms in total. The van der Waals surface area contributed by atoms with Crippen molar-refractivity contribution >= 4 is 27.5 Å². The molecule has 0 saturated carbocycles. The highest BCUT2D eigenvalue weighted by Crippen LogP contribution is 2.34. The minimum Gasteiger partial charge on any atom is -0.458 e. The van der Waals surface area contributed by atoms with Crippen LogP contribution in [0.25, 0.3) is 21.0 Å². The van der Waals surface area contributed by atoms with Gasteiger partial charge in [0.15, 0.2) is 0 Å². The number of carbonyl (C=O) groups excluding carboxylic acids is 1. The van der Waals surface area contributed by atoms with Crippen LogP contribution in [0.2, 0.25) is 0 Å². The van der Waals surface area contributed by atoms with Crippen LogP contribution in [0.5, 0.6) is 0 Å². The lowest BCUT2D eigenvalue weighted by Crippen LogP contribution is -2.52. The van der Waals surface area contributed by atoms with Crippen molar-refractivity contribution in [2.75, 3.05) is 0 Å². The zero-order valence-electron chi connectivity index (χ0n) is 16.0. The lowest BCUT2D eigenvalue weighted by molar-refractivity contribution is -0.164. The minimum atomic E-state index is -1.48. The van der Waals surface area contributed by atoms with Gasteiger partial charge >= 0.3 is 11.7 Å². The molecular formula is C18H21N3O5S. The number of rotatable bonds is 3. The maximum atomic E-state index is 13.2. The zero-order chi connectivity index (χ0) is 20.1. The molecule has 0 amide bonds. The predicted octanol–water partition coefficient (Wildman–Crippen LogP) is 2.79. The second kappa shape index (κ2) is 6.19. The summed E-state index contributed by atoms with van der Waals surface area (Å²) in [6.07, 6.45) is 2.94. The van der Waals surface area contributed by atoms with Crippen LogP contribution < -0.4 is 11.2 Å². The number of thiophene rings is 1.